The highest BCUT2D eigenvalue weighted by molar-refractivity contribution is 7.91. The largest absolute Gasteiger partial charge is 0.461 e. The molecule has 7 heteroatoms. The first-order valence-electron chi connectivity index (χ1n) is 7.81. The third-order valence-corrected chi connectivity index (χ3v) is 4.97. The summed E-state index contributed by atoms with van der Waals surface area (Å²) in [6.45, 7) is 6.86. The van der Waals surface area contributed by atoms with Crippen molar-refractivity contribution < 1.29 is 27.8 Å². The topological polar surface area (TPSA) is 89.9 Å². The maximum absolute atomic E-state index is 12.1. The zero-order valence-corrected chi connectivity index (χ0v) is 15.2. The van der Waals surface area contributed by atoms with Gasteiger partial charge in [-0.05, 0) is 32.1 Å². The zero-order valence-electron chi connectivity index (χ0n) is 14.4. The average molecular weight is 368 g/mol. The number of carbonyl (C=O) groups is 1. The number of hydrogen-bond acceptors (Lipinski definition) is 6. The highest BCUT2D eigenvalue weighted by Crippen LogP contribution is 2.12. The Balaban J connectivity index is 2.51. The fourth-order valence-corrected chi connectivity index (χ4v) is 2.96. The van der Waals surface area contributed by atoms with E-state index in [1.54, 1.807) is 12.1 Å². The lowest BCUT2D eigenvalue weighted by Gasteiger charge is -2.15. The molecule has 0 spiro atoms. The number of aliphatic hydroxyl groups excluding tert-OH is 1. The number of esters is 1. The molecule has 0 aliphatic carbocycles. The van der Waals surface area contributed by atoms with Gasteiger partial charge in [-0.2, -0.15) is 0 Å². The second kappa shape index (κ2) is 10.1. The SMILES string of the molecule is C=CCO[C@@H](/C=C/C(=O)OCCS(=O)(=O)c1ccc(C)cc1)[C@@H](C)O. The molecular weight excluding hydrogens is 344 g/mol. The summed E-state index contributed by atoms with van der Waals surface area (Å²) in [5, 5.41) is 9.54. The van der Waals surface area contributed by atoms with Gasteiger partial charge in [-0.15, -0.1) is 6.58 Å². The Morgan fingerprint density at radius 1 is 1.32 bits per heavy atom. The van der Waals surface area contributed by atoms with Gasteiger partial charge in [0.1, 0.15) is 12.7 Å². The number of ether oxygens (including phenoxy) is 2. The number of aliphatic hydroxyl groups is 1. The monoisotopic (exact) mass is 368 g/mol. The first kappa shape index (κ1) is 21.1. The second-order valence-corrected chi connectivity index (χ2v) is 7.59. The van der Waals surface area contributed by atoms with Crippen molar-refractivity contribution in [3.63, 3.8) is 0 Å². The van der Waals surface area contributed by atoms with Crippen molar-refractivity contribution in [1.82, 2.24) is 0 Å². The number of sulfone groups is 1. The van der Waals surface area contributed by atoms with Crippen LogP contribution in [0.25, 0.3) is 0 Å². The molecule has 25 heavy (non-hydrogen) atoms. The Morgan fingerprint density at radius 2 is 1.96 bits per heavy atom. The lowest BCUT2D eigenvalue weighted by Crippen LogP contribution is -2.24. The Labute approximate surface area is 148 Å². The van der Waals surface area contributed by atoms with Gasteiger partial charge in [0.25, 0.3) is 0 Å². The molecular formula is C18H24O6S. The molecule has 1 aromatic carbocycles. The van der Waals surface area contributed by atoms with Gasteiger partial charge in [-0.3, -0.25) is 0 Å². The smallest absolute Gasteiger partial charge is 0.330 e. The van der Waals surface area contributed by atoms with E-state index < -0.39 is 28.0 Å². The van der Waals surface area contributed by atoms with Crippen LogP contribution in [-0.2, 0) is 24.1 Å². The maximum atomic E-state index is 12.1. The summed E-state index contributed by atoms with van der Waals surface area (Å²) in [6.07, 6.45) is 2.51. The third-order valence-electron chi connectivity index (χ3n) is 3.28. The van der Waals surface area contributed by atoms with Gasteiger partial charge in [0, 0.05) is 6.08 Å². The molecule has 0 bridgehead atoms. The quantitative estimate of drug-likeness (QED) is 0.385. The fourth-order valence-electron chi connectivity index (χ4n) is 1.87. The fraction of sp³-hybridized carbons (Fsp3) is 0.389. The van der Waals surface area contributed by atoms with Crippen molar-refractivity contribution in [1.29, 1.82) is 0 Å². The molecule has 0 saturated heterocycles. The Morgan fingerprint density at radius 3 is 2.52 bits per heavy atom. The summed E-state index contributed by atoms with van der Waals surface area (Å²) >= 11 is 0. The summed E-state index contributed by atoms with van der Waals surface area (Å²) in [4.78, 5) is 11.8. The number of hydrogen-bond donors (Lipinski definition) is 1. The predicted molar refractivity (Wildman–Crippen MR) is 94.9 cm³/mol. The highest BCUT2D eigenvalue weighted by Gasteiger charge is 2.15. The summed E-state index contributed by atoms with van der Waals surface area (Å²) in [5.41, 5.74) is 0.960. The number of rotatable bonds is 10. The Kier molecular flexibility index (Phi) is 8.54. The van der Waals surface area contributed by atoms with Crippen LogP contribution in [0.4, 0.5) is 0 Å². The van der Waals surface area contributed by atoms with Crippen molar-refractivity contribution in [3.8, 4) is 0 Å². The van der Waals surface area contributed by atoms with Crippen LogP contribution in [0.15, 0.2) is 54.0 Å². The molecule has 0 amide bonds. The van der Waals surface area contributed by atoms with Crippen molar-refractivity contribution in [2.45, 2.75) is 31.0 Å². The minimum Gasteiger partial charge on any atom is -0.461 e. The van der Waals surface area contributed by atoms with Crippen molar-refractivity contribution in [2.24, 2.45) is 0 Å². The lowest BCUT2D eigenvalue weighted by molar-refractivity contribution is -0.137. The van der Waals surface area contributed by atoms with E-state index in [9.17, 15) is 18.3 Å². The molecule has 0 unspecified atom stereocenters. The van der Waals surface area contributed by atoms with Crippen molar-refractivity contribution in [3.05, 3.63) is 54.6 Å². The third kappa shape index (κ3) is 7.64. The van der Waals surface area contributed by atoms with Crippen LogP contribution in [0.2, 0.25) is 0 Å². The van der Waals surface area contributed by atoms with E-state index in [1.165, 1.54) is 31.2 Å². The highest BCUT2D eigenvalue weighted by atomic mass is 32.2. The average Bonchev–Trinajstić information content (AvgIpc) is 2.54. The van der Waals surface area contributed by atoms with Crippen LogP contribution in [0.3, 0.4) is 0 Å². The van der Waals surface area contributed by atoms with E-state index in [0.717, 1.165) is 11.6 Å². The van der Waals surface area contributed by atoms with Gasteiger partial charge >= 0.3 is 5.97 Å². The molecule has 0 aromatic heterocycles. The molecule has 1 rings (SSSR count). The summed E-state index contributed by atoms with van der Waals surface area (Å²) < 4.78 is 34.4. The van der Waals surface area contributed by atoms with E-state index in [4.69, 9.17) is 9.47 Å². The molecule has 2 atom stereocenters. The number of aryl methyl sites for hydroxylation is 1. The van der Waals surface area contributed by atoms with E-state index in [1.807, 2.05) is 6.92 Å². The zero-order chi connectivity index (χ0) is 18.9. The van der Waals surface area contributed by atoms with Crippen LogP contribution in [0, 0.1) is 6.92 Å². The van der Waals surface area contributed by atoms with Gasteiger partial charge in [-0.1, -0.05) is 23.8 Å². The van der Waals surface area contributed by atoms with Crippen LogP contribution >= 0.6 is 0 Å². The molecule has 6 nitrogen and oxygen atoms in total. The van der Waals surface area contributed by atoms with Crippen molar-refractivity contribution >= 4 is 15.8 Å². The van der Waals surface area contributed by atoms with E-state index in [2.05, 4.69) is 6.58 Å². The van der Waals surface area contributed by atoms with E-state index >= 15 is 0 Å². The number of carbonyl (C=O) groups excluding carboxylic acids is 1. The molecule has 1 N–H and O–H groups in total. The molecule has 0 fully saturated rings. The maximum Gasteiger partial charge on any atom is 0.330 e. The lowest BCUT2D eigenvalue weighted by atomic mass is 10.2. The minimum atomic E-state index is -3.51. The van der Waals surface area contributed by atoms with Crippen LogP contribution < -0.4 is 0 Å². The van der Waals surface area contributed by atoms with Crippen LogP contribution in [0.1, 0.15) is 12.5 Å². The normalized spacial score (nSPS) is 14.2. The molecule has 138 valence electrons. The van der Waals surface area contributed by atoms with E-state index in [-0.39, 0.29) is 23.9 Å². The van der Waals surface area contributed by atoms with Gasteiger partial charge in [0.2, 0.25) is 0 Å². The molecule has 0 aliphatic rings. The molecule has 0 heterocycles. The van der Waals surface area contributed by atoms with Gasteiger partial charge < -0.3 is 14.6 Å². The van der Waals surface area contributed by atoms with Gasteiger partial charge in [-0.25, -0.2) is 13.2 Å². The van der Waals surface area contributed by atoms with Crippen LogP contribution in [0.5, 0.6) is 0 Å². The summed E-state index contributed by atoms with van der Waals surface area (Å²) in [5.74, 6) is -1.01. The first-order valence-corrected chi connectivity index (χ1v) is 9.46. The minimum absolute atomic E-state index is 0.191. The first-order chi connectivity index (χ1) is 11.8. The second-order valence-electron chi connectivity index (χ2n) is 5.49. The summed E-state index contributed by atoms with van der Waals surface area (Å²) in [6, 6.07) is 6.47. The van der Waals surface area contributed by atoms with Gasteiger partial charge in [0.05, 0.1) is 23.4 Å². The summed E-state index contributed by atoms with van der Waals surface area (Å²) in [7, 11) is -3.51. The molecule has 1 aromatic rings. The Bertz CT molecular complexity index is 689. The Hall–Kier alpha value is -1.96. The molecule has 0 aliphatic heterocycles. The van der Waals surface area contributed by atoms with Crippen LogP contribution in [-0.4, -0.2) is 50.7 Å². The van der Waals surface area contributed by atoms with E-state index in [0.29, 0.717) is 0 Å². The van der Waals surface area contributed by atoms with Crippen molar-refractivity contribution in [2.75, 3.05) is 19.0 Å². The number of benzene rings is 1. The van der Waals surface area contributed by atoms with Gasteiger partial charge in [0.15, 0.2) is 9.84 Å². The standard InChI is InChI=1S/C18H24O6S/c1-4-11-23-17(15(3)19)9-10-18(20)24-12-13-25(21,22)16-7-5-14(2)6-8-16/h4-10,15,17,19H,1,11-13H2,2-3H3/b10-9+/t15-,17+/m1/s1. The molecule has 0 radical (unpaired) electrons. The molecule has 0 saturated carbocycles. The predicted octanol–water partition coefficient (Wildman–Crippen LogP) is 1.82.